The van der Waals surface area contributed by atoms with Gasteiger partial charge in [-0.15, -0.1) is 37.1 Å². The highest BCUT2D eigenvalue weighted by Gasteiger charge is 2.32. The van der Waals surface area contributed by atoms with Gasteiger partial charge in [0.15, 0.2) is 11.7 Å². The number of ether oxygens (including phenoxy) is 1. The molecule has 0 spiro atoms. The average Bonchev–Trinajstić information content (AvgIpc) is 2.47. The van der Waals surface area contributed by atoms with Crippen molar-refractivity contribution in [3.63, 3.8) is 0 Å². The van der Waals surface area contributed by atoms with Gasteiger partial charge in [0.25, 0.3) is 0 Å². The predicted octanol–water partition coefficient (Wildman–Crippen LogP) is 2.75. The number of rotatable bonds is 4. The van der Waals surface area contributed by atoms with Crippen LogP contribution in [0.1, 0.15) is 12.8 Å². The molecule has 1 aromatic rings. The number of para-hydroxylation sites is 2. The molecule has 3 N–H and O–H groups in total. The Hall–Kier alpha value is -1.24. The molecule has 0 amide bonds. The number of nitrogens with two attached hydrogens (primary N) is 1. The molecule has 1 aliphatic heterocycles. The van der Waals surface area contributed by atoms with E-state index in [1.807, 2.05) is 0 Å². The molecule has 0 aromatic heterocycles. The van der Waals surface area contributed by atoms with E-state index >= 15 is 0 Å². The number of alkyl halides is 3. The normalized spacial score (nSPS) is 18.3. The van der Waals surface area contributed by atoms with Crippen molar-refractivity contribution < 1.29 is 26.3 Å². The summed E-state index contributed by atoms with van der Waals surface area (Å²) in [4.78, 5) is 4.08. The molecule has 1 aliphatic rings. The van der Waals surface area contributed by atoms with Crippen LogP contribution in [0, 0.1) is 5.92 Å². The molecule has 1 saturated heterocycles. The lowest BCUT2D eigenvalue weighted by atomic mass is 10.0. The van der Waals surface area contributed by atoms with Gasteiger partial charge in [0, 0.05) is 6.54 Å². The summed E-state index contributed by atoms with van der Waals surface area (Å²) >= 11 is 0. The standard InChI is InChI=1S/C14H18F3N3O3S.HI/c15-14(16,17)23-12-4-2-1-3-11(12)20-13(18)19-9-10-5-7-24(21,22)8-6-10;/h1-4,10H,5-9H2,(H3,18,19,20);1H. The molecule has 142 valence electrons. The van der Waals surface area contributed by atoms with E-state index in [9.17, 15) is 21.6 Å². The summed E-state index contributed by atoms with van der Waals surface area (Å²) in [6, 6.07) is 5.48. The Morgan fingerprint density at radius 3 is 2.48 bits per heavy atom. The summed E-state index contributed by atoms with van der Waals surface area (Å²) in [6.45, 7) is 0.316. The van der Waals surface area contributed by atoms with Crippen LogP contribution < -0.4 is 15.8 Å². The number of halogens is 4. The highest BCUT2D eigenvalue weighted by Crippen LogP contribution is 2.29. The van der Waals surface area contributed by atoms with E-state index in [-0.39, 0.29) is 53.0 Å². The molecule has 0 atom stereocenters. The number of guanidine groups is 1. The molecule has 2 rings (SSSR count). The largest absolute Gasteiger partial charge is 0.573 e. The monoisotopic (exact) mass is 493 g/mol. The zero-order valence-corrected chi connectivity index (χ0v) is 16.3. The fraction of sp³-hybridized carbons (Fsp3) is 0.500. The predicted molar refractivity (Wildman–Crippen MR) is 100 cm³/mol. The van der Waals surface area contributed by atoms with Gasteiger partial charge >= 0.3 is 6.36 Å². The van der Waals surface area contributed by atoms with Crippen LogP contribution in [-0.2, 0) is 9.84 Å². The SMILES string of the molecule is I.NC(=NCC1CCS(=O)(=O)CC1)Nc1ccccc1OC(F)(F)F. The van der Waals surface area contributed by atoms with Crippen molar-refractivity contribution in [1.82, 2.24) is 0 Å². The number of sulfone groups is 1. The van der Waals surface area contributed by atoms with Gasteiger partial charge in [0.05, 0.1) is 17.2 Å². The van der Waals surface area contributed by atoms with E-state index in [2.05, 4.69) is 15.0 Å². The molecule has 6 nitrogen and oxygen atoms in total. The highest BCUT2D eigenvalue weighted by atomic mass is 127. The molecule has 1 fully saturated rings. The van der Waals surface area contributed by atoms with Crippen LogP contribution >= 0.6 is 24.0 Å². The van der Waals surface area contributed by atoms with Gasteiger partial charge in [0.2, 0.25) is 0 Å². The molecule has 1 aromatic carbocycles. The topological polar surface area (TPSA) is 93.8 Å². The van der Waals surface area contributed by atoms with Crippen LogP contribution in [0.3, 0.4) is 0 Å². The van der Waals surface area contributed by atoms with Crippen molar-refractivity contribution in [3.05, 3.63) is 24.3 Å². The van der Waals surface area contributed by atoms with E-state index < -0.39 is 21.9 Å². The quantitative estimate of drug-likeness (QED) is 0.383. The van der Waals surface area contributed by atoms with Crippen molar-refractivity contribution in [2.45, 2.75) is 19.2 Å². The van der Waals surface area contributed by atoms with E-state index in [0.717, 1.165) is 6.07 Å². The zero-order valence-electron chi connectivity index (χ0n) is 13.1. The van der Waals surface area contributed by atoms with Crippen LogP contribution in [-0.4, -0.2) is 38.8 Å². The van der Waals surface area contributed by atoms with Crippen LogP contribution in [0.4, 0.5) is 18.9 Å². The Labute approximate surface area is 161 Å². The molecule has 0 radical (unpaired) electrons. The van der Waals surface area contributed by atoms with Gasteiger partial charge in [-0.05, 0) is 30.9 Å². The molecular weight excluding hydrogens is 474 g/mol. The summed E-state index contributed by atoms with van der Waals surface area (Å²) in [5.41, 5.74) is 5.74. The average molecular weight is 493 g/mol. The zero-order chi connectivity index (χ0) is 17.8. The lowest BCUT2D eigenvalue weighted by molar-refractivity contribution is -0.274. The first-order valence-corrected chi connectivity index (χ1v) is 9.09. The minimum absolute atomic E-state index is 0. The summed E-state index contributed by atoms with van der Waals surface area (Å²) in [5, 5.41) is 2.57. The molecular formula is C14H19F3IN3O3S. The number of hydrogen-bond donors (Lipinski definition) is 2. The Morgan fingerprint density at radius 2 is 1.88 bits per heavy atom. The Morgan fingerprint density at radius 1 is 1.28 bits per heavy atom. The van der Waals surface area contributed by atoms with Gasteiger partial charge in [-0.2, -0.15) is 0 Å². The second-order valence-electron chi connectivity index (χ2n) is 5.49. The summed E-state index contributed by atoms with van der Waals surface area (Å²) in [6.07, 6.45) is -3.79. The van der Waals surface area contributed by atoms with Crippen LogP contribution in [0.25, 0.3) is 0 Å². The fourth-order valence-corrected chi connectivity index (χ4v) is 3.90. The van der Waals surface area contributed by atoms with E-state index in [4.69, 9.17) is 5.73 Å². The molecule has 25 heavy (non-hydrogen) atoms. The lowest BCUT2D eigenvalue weighted by Gasteiger charge is -2.20. The Bertz CT molecular complexity index is 697. The van der Waals surface area contributed by atoms with E-state index in [0.29, 0.717) is 19.4 Å². The van der Waals surface area contributed by atoms with Crippen molar-refractivity contribution >= 4 is 45.5 Å². The van der Waals surface area contributed by atoms with Crippen molar-refractivity contribution in [1.29, 1.82) is 0 Å². The first-order valence-electron chi connectivity index (χ1n) is 7.27. The third-order valence-corrected chi connectivity index (χ3v) is 5.28. The first-order chi connectivity index (χ1) is 11.1. The second kappa shape index (κ2) is 8.92. The minimum atomic E-state index is -4.81. The Kier molecular flexibility index (Phi) is 7.78. The second-order valence-corrected chi connectivity index (χ2v) is 7.79. The maximum Gasteiger partial charge on any atom is 0.573 e. The number of nitrogens with one attached hydrogen (secondary N) is 1. The lowest BCUT2D eigenvalue weighted by Crippen LogP contribution is -2.28. The molecule has 0 saturated carbocycles. The van der Waals surface area contributed by atoms with Crippen LogP contribution in [0.2, 0.25) is 0 Å². The van der Waals surface area contributed by atoms with E-state index in [1.54, 1.807) is 0 Å². The maximum absolute atomic E-state index is 12.4. The van der Waals surface area contributed by atoms with Crippen LogP contribution in [0.15, 0.2) is 29.3 Å². The Balaban J connectivity index is 0.00000312. The molecule has 0 bridgehead atoms. The molecule has 11 heteroatoms. The third-order valence-electron chi connectivity index (χ3n) is 3.57. The van der Waals surface area contributed by atoms with E-state index in [1.165, 1.54) is 18.2 Å². The van der Waals surface area contributed by atoms with Crippen molar-refractivity contribution in [3.8, 4) is 5.75 Å². The molecule has 0 aliphatic carbocycles. The number of benzene rings is 1. The van der Waals surface area contributed by atoms with Crippen molar-refractivity contribution in [2.24, 2.45) is 16.6 Å². The number of hydrogen-bond acceptors (Lipinski definition) is 4. The number of nitrogens with zero attached hydrogens (tertiary/aromatic N) is 1. The van der Waals surface area contributed by atoms with Crippen molar-refractivity contribution in [2.75, 3.05) is 23.4 Å². The smallest absolute Gasteiger partial charge is 0.404 e. The maximum atomic E-state index is 12.4. The van der Waals surface area contributed by atoms with Gasteiger partial charge in [-0.3, -0.25) is 4.99 Å². The summed E-state index contributed by atoms with van der Waals surface area (Å²) in [7, 11) is -2.94. The minimum Gasteiger partial charge on any atom is -0.404 e. The summed E-state index contributed by atoms with van der Waals surface area (Å²) in [5.74, 6) is -0.116. The molecule has 1 heterocycles. The van der Waals surface area contributed by atoms with Gasteiger partial charge in [-0.25, -0.2) is 8.42 Å². The number of aliphatic imine (C=N–C) groups is 1. The van der Waals surface area contributed by atoms with Gasteiger partial charge in [0.1, 0.15) is 9.84 Å². The highest BCUT2D eigenvalue weighted by molar-refractivity contribution is 14.0. The third kappa shape index (κ3) is 7.67. The first kappa shape index (κ1) is 21.8. The number of anilines is 1. The molecule has 0 unspecified atom stereocenters. The fourth-order valence-electron chi connectivity index (χ4n) is 2.31. The summed E-state index contributed by atoms with van der Waals surface area (Å²) < 4.78 is 63.7. The van der Waals surface area contributed by atoms with Gasteiger partial charge in [-0.1, -0.05) is 12.1 Å². The van der Waals surface area contributed by atoms with Crippen LogP contribution in [0.5, 0.6) is 5.75 Å². The van der Waals surface area contributed by atoms with Gasteiger partial charge < -0.3 is 15.8 Å².